The standard InChI is InChI=1S/C20H22N4O2/c1-14-9-7-8-10-16(14)13-23(3)20(26)18-21-15(2)19(25)24(22-18)17-11-5-4-6-12-17/h4-12,15H,13H2,1-3H3,(H,21,22)/t15-/m1/s1. The van der Waals surface area contributed by atoms with E-state index in [1.54, 1.807) is 18.9 Å². The van der Waals surface area contributed by atoms with E-state index in [0.29, 0.717) is 12.2 Å². The Kier molecular flexibility index (Phi) is 5.02. The lowest BCUT2D eigenvalue weighted by Gasteiger charge is -2.31. The van der Waals surface area contributed by atoms with Gasteiger partial charge in [-0.25, -0.2) is 10.0 Å². The zero-order chi connectivity index (χ0) is 18.7. The van der Waals surface area contributed by atoms with Crippen LogP contribution in [0.3, 0.4) is 0 Å². The summed E-state index contributed by atoms with van der Waals surface area (Å²) in [7, 11) is 1.73. The molecule has 1 heterocycles. The molecule has 0 bridgehead atoms. The lowest BCUT2D eigenvalue weighted by molar-refractivity contribution is -0.124. The van der Waals surface area contributed by atoms with Crippen LogP contribution in [0.15, 0.2) is 59.6 Å². The van der Waals surface area contributed by atoms with Gasteiger partial charge in [0, 0.05) is 13.6 Å². The fourth-order valence-corrected chi connectivity index (χ4v) is 2.79. The number of hydrazine groups is 1. The Hall–Kier alpha value is -3.15. The second kappa shape index (κ2) is 7.39. The van der Waals surface area contributed by atoms with E-state index in [9.17, 15) is 9.59 Å². The van der Waals surface area contributed by atoms with Crippen LogP contribution in [0.1, 0.15) is 18.1 Å². The maximum absolute atomic E-state index is 12.8. The summed E-state index contributed by atoms with van der Waals surface area (Å²) < 4.78 is 0. The predicted molar refractivity (Wildman–Crippen MR) is 102 cm³/mol. The summed E-state index contributed by atoms with van der Waals surface area (Å²) in [5.74, 6) is -0.292. The van der Waals surface area contributed by atoms with Crippen molar-refractivity contribution >= 4 is 23.3 Å². The number of para-hydroxylation sites is 1. The van der Waals surface area contributed by atoms with Crippen molar-refractivity contribution in [3.8, 4) is 0 Å². The molecule has 2 amide bonds. The molecular formula is C20H22N4O2. The molecule has 3 rings (SSSR count). The van der Waals surface area contributed by atoms with E-state index >= 15 is 0 Å². The van der Waals surface area contributed by atoms with E-state index in [0.717, 1.165) is 11.1 Å². The van der Waals surface area contributed by atoms with Gasteiger partial charge in [0.1, 0.15) is 6.04 Å². The molecule has 0 radical (unpaired) electrons. The maximum Gasteiger partial charge on any atom is 0.290 e. The van der Waals surface area contributed by atoms with Gasteiger partial charge >= 0.3 is 0 Å². The number of hydrogen-bond donors (Lipinski definition) is 1. The average molecular weight is 350 g/mol. The van der Waals surface area contributed by atoms with Crippen molar-refractivity contribution in [3.05, 3.63) is 65.7 Å². The summed E-state index contributed by atoms with van der Waals surface area (Å²) in [5, 5.41) is 1.38. The number of likely N-dealkylation sites (N-methyl/N-ethyl adjacent to an activating group) is 1. The number of hydrogen-bond acceptors (Lipinski definition) is 4. The third-order valence-corrected chi connectivity index (χ3v) is 4.35. The molecule has 2 aromatic rings. The zero-order valence-corrected chi connectivity index (χ0v) is 15.1. The number of nitrogens with one attached hydrogen (secondary N) is 1. The van der Waals surface area contributed by atoms with E-state index in [2.05, 4.69) is 10.4 Å². The van der Waals surface area contributed by atoms with Crippen LogP contribution in [0.5, 0.6) is 0 Å². The molecule has 1 N–H and O–H groups in total. The topological polar surface area (TPSA) is 65.0 Å². The van der Waals surface area contributed by atoms with Crippen molar-refractivity contribution in [1.82, 2.24) is 10.3 Å². The van der Waals surface area contributed by atoms with Crippen molar-refractivity contribution in [2.45, 2.75) is 26.4 Å². The van der Waals surface area contributed by atoms with Gasteiger partial charge in [-0.1, -0.05) is 42.5 Å². The lowest BCUT2D eigenvalue weighted by atomic mass is 10.1. The summed E-state index contributed by atoms with van der Waals surface area (Å²) in [6.07, 6.45) is 0. The molecule has 6 nitrogen and oxygen atoms in total. The van der Waals surface area contributed by atoms with Crippen LogP contribution in [0.2, 0.25) is 0 Å². The van der Waals surface area contributed by atoms with Crippen LogP contribution in [0.25, 0.3) is 0 Å². The molecule has 0 spiro atoms. The molecule has 134 valence electrons. The number of aryl methyl sites for hydroxylation is 1. The number of carbonyl (C=O) groups excluding carboxylic acids is 2. The minimum absolute atomic E-state index is 0.164. The molecule has 1 aliphatic rings. The van der Waals surface area contributed by atoms with Crippen LogP contribution in [-0.2, 0) is 16.1 Å². The van der Waals surface area contributed by atoms with E-state index in [1.165, 1.54) is 5.01 Å². The normalized spacial score (nSPS) is 16.7. The fraction of sp³-hybridized carbons (Fsp3) is 0.250. The monoisotopic (exact) mass is 350 g/mol. The Bertz CT molecular complexity index is 848. The van der Waals surface area contributed by atoms with E-state index < -0.39 is 6.04 Å². The van der Waals surface area contributed by atoms with Gasteiger partial charge in [0.2, 0.25) is 5.84 Å². The summed E-state index contributed by atoms with van der Waals surface area (Å²) >= 11 is 0. The number of aliphatic imine (C=N–C) groups is 1. The minimum Gasteiger partial charge on any atom is -0.335 e. The number of benzene rings is 2. The van der Waals surface area contributed by atoms with Crippen molar-refractivity contribution in [2.24, 2.45) is 4.99 Å². The molecule has 2 aromatic carbocycles. The van der Waals surface area contributed by atoms with Crippen molar-refractivity contribution in [3.63, 3.8) is 0 Å². The van der Waals surface area contributed by atoms with Gasteiger partial charge < -0.3 is 4.90 Å². The molecule has 0 aliphatic carbocycles. The number of anilines is 1. The van der Waals surface area contributed by atoms with Crippen LogP contribution < -0.4 is 10.4 Å². The van der Waals surface area contributed by atoms with Gasteiger partial charge in [-0.15, -0.1) is 0 Å². The molecular weight excluding hydrogens is 328 g/mol. The Balaban J connectivity index is 1.79. The predicted octanol–water partition coefficient (Wildman–Crippen LogP) is 2.29. The number of amides is 2. The van der Waals surface area contributed by atoms with Crippen LogP contribution in [-0.4, -0.2) is 35.6 Å². The van der Waals surface area contributed by atoms with Gasteiger partial charge in [0.25, 0.3) is 11.8 Å². The highest BCUT2D eigenvalue weighted by molar-refractivity contribution is 6.39. The van der Waals surface area contributed by atoms with Crippen LogP contribution in [0, 0.1) is 6.92 Å². The first-order valence-electron chi connectivity index (χ1n) is 8.51. The van der Waals surface area contributed by atoms with Crippen molar-refractivity contribution < 1.29 is 9.59 Å². The smallest absolute Gasteiger partial charge is 0.290 e. The van der Waals surface area contributed by atoms with Gasteiger partial charge in [0.15, 0.2) is 0 Å². The van der Waals surface area contributed by atoms with Gasteiger partial charge in [-0.05, 0) is 37.1 Å². The highest BCUT2D eigenvalue weighted by atomic mass is 16.2. The van der Waals surface area contributed by atoms with Crippen LogP contribution >= 0.6 is 0 Å². The zero-order valence-electron chi connectivity index (χ0n) is 15.1. The van der Waals surface area contributed by atoms with Crippen molar-refractivity contribution in [1.29, 1.82) is 0 Å². The average Bonchev–Trinajstić information content (AvgIpc) is 2.65. The first kappa shape index (κ1) is 17.7. The van der Waals surface area contributed by atoms with Crippen LogP contribution in [0.4, 0.5) is 5.69 Å². The Morgan fingerprint density at radius 2 is 1.81 bits per heavy atom. The molecule has 0 saturated heterocycles. The highest BCUT2D eigenvalue weighted by Gasteiger charge is 2.31. The first-order valence-corrected chi connectivity index (χ1v) is 8.51. The fourth-order valence-electron chi connectivity index (χ4n) is 2.79. The Morgan fingerprint density at radius 3 is 2.50 bits per heavy atom. The second-order valence-electron chi connectivity index (χ2n) is 6.36. The van der Waals surface area contributed by atoms with Gasteiger partial charge in [0.05, 0.1) is 5.69 Å². The van der Waals surface area contributed by atoms with E-state index in [-0.39, 0.29) is 17.6 Å². The highest BCUT2D eigenvalue weighted by Crippen LogP contribution is 2.17. The van der Waals surface area contributed by atoms with Gasteiger partial charge in [-0.2, -0.15) is 0 Å². The number of rotatable bonds is 4. The van der Waals surface area contributed by atoms with Gasteiger partial charge in [-0.3, -0.25) is 15.0 Å². The first-order chi connectivity index (χ1) is 12.5. The SMILES string of the molecule is Cc1ccccc1CN(C)C(=O)C1=N[C@H](C)C(=O)N(c2ccccc2)N1. The summed E-state index contributed by atoms with van der Waals surface area (Å²) in [6, 6.07) is 16.5. The van der Waals surface area contributed by atoms with E-state index in [4.69, 9.17) is 0 Å². The third kappa shape index (κ3) is 3.59. The Labute approximate surface area is 153 Å². The number of carbonyl (C=O) groups is 2. The number of amidine groups is 1. The molecule has 0 saturated carbocycles. The molecule has 0 fully saturated rings. The van der Waals surface area contributed by atoms with E-state index in [1.807, 2.05) is 61.5 Å². The summed E-state index contributed by atoms with van der Waals surface area (Å²) in [5.41, 5.74) is 5.74. The third-order valence-electron chi connectivity index (χ3n) is 4.35. The molecule has 0 unspecified atom stereocenters. The minimum atomic E-state index is -0.623. The number of nitrogens with zero attached hydrogens (tertiary/aromatic N) is 3. The van der Waals surface area contributed by atoms with Crippen molar-refractivity contribution in [2.75, 3.05) is 12.1 Å². The largest absolute Gasteiger partial charge is 0.335 e. The summed E-state index contributed by atoms with van der Waals surface area (Å²) in [4.78, 5) is 31.1. The molecule has 1 atom stereocenters. The molecule has 0 aromatic heterocycles. The maximum atomic E-state index is 12.8. The summed E-state index contributed by atoms with van der Waals surface area (Å²) in [6.45, 7) is 4.18. The molecule has 6 heteroatoms. The second-order valence-corrected chi connectivity index (χ2v) is 6.36. The molecule has 1 aliphatic heterocycles. The lowest BCUT2D eigenvalue weighted by Crippen LogP contribution is -2.58. The quantitative estimate of drug-likeness (QED) is 0.920. The Morgan fingerprint density at radius 1 is 1.15 bits per heavy atom. The molecule has 26 heavy (non-hydrogen) atoms.